The first-order chi connectivity index (χ1) is 12.2. The molecule has 0 bridgehead atoms. The van der Waals surface area contributed by atoms with Gasteiger partial charge in [0.05, 0.1) is 12.6 Å². The zero-order chi connectivity index (χ0) is 17.6. The minimum atomic E-state index is -0.247. The van der Waals surface area contributed by atoms with E-state index in [0.29, 0.717) is 13.1 Å². The van der Waals surface area contributed by atoms with Crippen molar-refractivity contribution in [1.29, 1.82) is 0 Å². The van der Waals surface area contributed by atoms with Gasteiger partial charge in [0.2, 0.25) is 0 Å². The van der Waals surface area contributed by atoms with E-state index in [0.717, 1.165) is 63.0 Å². The van der Waals surface area contributed by atoms with Crippen LogP contribution in [-0.4, -0.2) is 84.8 Å². The Bertz CT molecular complexity index is 591. The van der Waals surface area contributed by atoms with E-state index in [9.17, 15) is 5.11 Å². The van der Waals surface area contributed by atoms with Crippen molar-refractivity contribution >= 4 is 35.8 Å². The number of piperazine rings is 1. The molecule has 0 saturated carbocycles. The Morgan fingerprint density at radius 1 is 1.31 bits per heavy atom. The van der Waals surface area contributed by atoms with Crippen molar-refractivity contribution in [1.82, 2.24) is 20.1 Å². The number of anilines is 1. The lowest BCUT2D eigenvalue weighted by molar-refractivity contribution is 0.188. The maximum Gasteiger partial charge on any atom is 0.194 e. The van der Waals surface area contributed by atoms with Gasteiger partial charge in [0, 0.05) is 57.6 Å². The monoisotopic (exact) mass is 474 g/mol. The first-order valence-electron chi connectivity index (χ1n) is 9.26. The molecule has 2 fully saturated rings. The fourth-order valence-corrected chi connectivity index (χ4v) is 3.38. The third kappa shape index (κ3) is 5.43. The average Bonchev–Trinajstić information content (AvgIpc) is 3.06. The lowest BCUT2D eigenvalue weighted by Gasteiger charge is -2.34. The van der Waals surface area contributed by atoms with Crippen LogP contribution in [0.1, 0.15) is 18.9 Å². The molecule has 1 atom stereocenters. The van der Waals surface area contributed by atoms with Crippen LogP contribution in [0.5, 0.6) is 0 Å². The number of β-amino-alcohol motifs (C(OH)–C–C–N with tert-alkyl or cyclic N) is 1. The van der Waals surface area contributed by atoms with Gasteiger partial charge in [0.25, 0.3) is 0 Å². The molecule has 2 N–H and O–H groups in total. The van der Waals surface area contributed by atoms with Gasteiger partial charge in [-0.15, -0.1) is 24.0 Å². The van der Waals surface area contributed by atoms with E-state index in [1.54, 1.807) is 0 Å². The van der Waals surface area contributed by atoms with E-state index >= 15 is 0 Å². The van der Waals surface area contributed by atoms with Crippen LogP contribution in [0.15, 0.2) is 23.3 Å². The highest BCUT2D eigenvalue weighted by atomic mass is 127. The molecule has 2 aliphatic heterocycles. The third-order valence-corrected chi connectivity index (χ3v) is 4.87. The summed E-state index contributed by atoms with van der Waals surface area (Å²) < 4.78 is 0. The number of rotatable bonds is 4. The second-order valence-electron chi connectivity index (χ2n) is 6.84. The van der Waals surface area contributed by atoms with Crippen molar-refractivity contribution in [2.45, 2.75) is 26.0 Å². The molecule has 0 radical (unpaired) electrons. The van der Waals surface area contributed by atoms with Crippen molar-refractivity contribution in [3.05, 3.63) is 23.9 Å². The van der Waals surface area contributed by atoms with Crippen LogP contribution in [0.25, 0.3) is 0 Å². The SMILES string of the molecule is CCNC(=NCc1cccnc1N1CCN(C)CC1)N1CC[C@@H](O)C1.I. The Kier molecular flexibility index (Phi) is 8.36. The zero-order valence-electron chi connectivity index (χ0n) is 15.8. The number of aromatic nitrogens is 1. The number of aliphatic imine (C=N–C) groups is 1. The smallest absolute Gasteiger partial charge is 0.194 e. The van der Waals surface area contributed by atoms with Crippen LogP contribution in [0.3, 0.4) is 0 Å². The number of hydrogen-bond acceptors (Lipinski definition) is 5. The number of nitrogens with one attached hydrogen (secondary N) is 1. The highest BCUT2D eigenvalue weighted by molar-refractivity contribution is 14.0. The van der Waals surface area contributed by atoms with Crippen molar-refractivity contribution in [2.24, 2.45) is 4.99 Å². The van der Waals surface area contributed by atoms with Gasteiger partial charge < -0.3 is 25.1 Å². The molecular formula is C18H31IN6O. The van der Waals surface area contributed by atoms with Crippen LogP contribution < -0.4 is 10.2 Å². The molecule has 2 saturated heterocycles. The Morgan fingerprint density at radius 3 is 2.73 bits per heavy atom. The van der Waals surface area contributed by atoms with Crippen LogP contribution in [0, 0.1) is 0 Å². The van der Waals surface area contributed by atoms with Crippen molar-refractivity contribution in [3.8, 4) is 0 Å². The van der Waals surface area contributed by atoms with Gasteiger partial charge in [-0.3, -0.25) is 0 Å². The van der Waals surface area contributed by atoms with Gasteiger partial charge in [0.1, 0.15) is 5.82 Å². The number of likely N-dealkylation sites (N-methyl/N-ethyl adjacent to an activating group) is 1. The molecule has 146 valence electrons. The summed E-state index contributed by atoms with van der Waals surface area (Å²) >= 11 is 0. The second kappa shape index (κ2) is 10.3. The summed E-state index contributed by atoms with van der Waals surface area (Å²) in [7, 11) is 2.16. The van der Waals surface area contributed by atoms with Crippen LogP contribution in [-0.2, 0) is 6.54 Å². The standard InChI is InChI=1S/C18H30N6O.HI/c1-3-19-18(24-8-6-16(25)14-24)21-13-15-5-4-7-20-17(15)23-11-9-22(2)10-12-23;/h4-5,7,16,25H,3,6,8-14H2,1-2H3,(H,19,21);1H/t16-;/m1./s1. The number of guanidine groups is 1. The molecule has 7 nitrogen and oxygen atoms in total. The van der Waals surface area contributed by atoms with Crippen LogP contribution in [0.2, 0.25) is 0 Å². The van der Waals surface area contributed by atoms with E-state index in [2.05, 4.69) is 45.0 Å². The molecule has 8 heteroatoms. The maximum absolute atomic E-state index is 9.79. The molecule has 1 aromatic rings. The van der Waals surface area contributed by atoms with Gasteiger partial charge >= 0.3 is 0 Å². The number of nitrogens with zero attached hydrogens (tertiary/aromatic N) is 5. The molecule has 0 aliphatic carbocycles. The number of likely N-dealkylation sites (tertiary alicyclic amines) is 1. The van der Waals surface area contributed by atoms with E-state index < -0.39 is 0 Å². The summed E-state index contributed by atoms with van der Waals surface area (Å²) in [6.45, 7) is 9.14. The number of aliphatic hydroxyl groups excluding tert-OH is 1. The van der Waals surface area contributed by atoms with Crippen LogP contribution >= 0.6 is 24.0 Å². The molecule has 1 aromatic heterocycles. The summed E-state index contributed by atoms with van der Waals surface area (Å²) in [5.74, 6) is 1.93. The second-order valence-corrected chi connectivity index (χ2v) is 6.84. The summed E-state index contributed by atoms with van der Waals surface area (Å²) in [6, 6.07) is 4.10. The maximum atomic E-state index is 9.79. The summed E-state index contributed by atoms with van der Waals surface area (Å²) in [5, 5.41) is 13.1. The molecule has 3 rings (SSSR count). The number of halogens is 1. The average molecular weight is 474 g/mol. The number of pyridine rings is 1. The molecule has 0 spiro atoms. The topological polar surface area (TPSA) is 67.2 Å². The molecule has 0 unspecified atom stereocenters. The zero-order valence-corrected chi connectivity index (χ0v) is 18.1. The fourth-order valence-electron chi connectivity index (χ4n) is 3.38. The van der Waals surface area contributed by atoms with Gasteiger partial charge in [-0.2, -0.15) is 0 Å². The van der Waals surface area contributed by atoms with Crippen molar-refractivity contribution in [3.63, 3.8) is 0 Å². The Balaban J connectivity index is 0.00000243. The molecule has 0 amide bonds. The van der Waals surface area contributed by atoms with Gasteiger partial charge in [0.15, 0.2) is 5.96 Å². The normalized spacial score (nSPS) is 21.7. The third-order valence-electron chi connectivity index (χ3n) is 4.87. The first kappa shape index (κ1) is 21.2. The lowest BCUT2D eigenvalue weighted by atomic mass is 10.2. The molecule has 0 aromatic carbocycles. The van der Waals surface area contributed by atoms with E-state index in [1.807, 2.05) is 12.3 Å². The van der Waals surface area contributed by atoms with Crippen molar-refractivity contribution < 1.29 is 5.11 Å². The number of aliphatic hydroxyl groups is 1. The molecule has 2 aliphatic rings. The predicted molar refractivity (Wildman–Crippen MR) is 116 cm³/mol. The molecular weight excluding hydrogens is 443 g/mol. The highest BCUT2D eigenvalue weighted by Crippen LogP contribution is 2.20. The highest BCUT2D eigenvalue weighted by Gasteiger charge is 2.23. The van der Waals surface area contributed by atoms with Gasteiger partial charge in [-0.05, 0) is 26.5 Å². The molecule has 26 heavy (non-hydrogen) atoms. The van der Waals surface area contributed by atoms with Crippen molar-refractivity contribution in [2.75, 3.05) is 57.8 Å². The largest absolute Gasteiger partial charge is 0.391 e. The van der Waals surface area contributed by atoms with Gasteiger partial charge in [-0.25, -0.2) is 9.98 Å². The minimum absolute atomic E-state index is 0. The van der Waals surface area contributed by atoms with Gasteiger partial charge in [-0.1, -0.05) is 6.07 Å². The van der Waals surface area contributed by atoms with Crippen LogP contribution in [0.4, 0.5) is 5.82 Å². The van der Waals surface area contributed by atoms with E-state index in [4.69, 9.17) is 4.99 Å². The Morgan fingerprint density at radius 2 is 2.08 bits per heavy atom. The van der Waals surface area contributed by atoms with E-state index in [1.165, 1.54) is 0 Å². The first-order valence-corrected chi connectivity index (χ1v) is 9.26. The quantitative estimate of drug-likeness (QED) is 0.386. The number of hydrogen-bond donors (Lipinski definition) is 2. The minimum Gasteiger partial charge on any atom is -0.391 e. The summed E-state index contributed by atoms with van der Waals surface area (Å²) in [4.78, 5) is 16.3. The lowest BCUT2D eigenvalue weighted by Crippen LogP contribution is -2.45. The Labute approximate surface area is 173 Å². The molecule has 3 heterocycles. The predicted octanol–water partition coefficient (Wildman–Crippen LogP) is 0.984. The summed E-state index contributed by atoms with van der Waals surface area (Å²) in [5.41, 5.74) is 1.15. The van der Waals surface area contributed by atoms with E-state index in [-0.39, 0.29) is 30.1 Å². The fraction of sp³-hybridized carbons (Fsp3) is 0.667. The summed E-state index contributed by atoms with van der Waals surface area (Å²) in [6.07, 6.45) is 2.43. The Hall–Kier alpha value is -1.13.